The van der Waals surface area contributed by atoms with Crippen LogP contribution in [0.4, 0.5) is 79.0 Å². The van der Waals surface area contributed by atoms with Gasteiger partial charge in [0.05, 0.1) is 33.4 Å². The average molecular weight is 618 g/mol. The largest absolute Gasteiger partial charge is 0.417 e. The number of benzene rings is 2. The molecule has 0 spiro atoms. The Hall–Kier alpha value is -2.82. The van der Waals surface area contributed by atoms with Crippen LogP contribution in [-0.4, -0.2) is 0 Å². The highest BCUT2D eigenvalue weighted by atomic mass is 19.4. The van der Waals surface area contributed by atoms with Gasteiger partial charge in [-0.05, 0) is 54.2 Å². The van der Waals surface area contributed by atoms with E-state index in [4.69, 9.17) is 0 Å². The summed E-state index contributed by atoms with van der Waals surface area (Å²) >= 11 is 0. The van der Waals surface area contributed by atoms with Crippen LogP contribution < -0.4 is 0 Å². The molecule has 0 amide bonds. The second-order valence-corrected chi connectivity index (χ2v) is 8.43. The molecule has 0 heterocycles. The highest BCUT2D eigenvalue weighted by Gasteiger charge is 2.49. The molecule has 0 nitrogen and oxygen atoms in total. The number of alkyl halides is 18. The lowest BCUT2D eigenvalue weighted by Crippen LogP contribution is -2.24. The highest BCUT2D eigenvalue weighted by Crippen LogP contribution is 2.49. The first-order chi connectivity index (χ1) is 17.6. The van der Waals surface area contributed by atoms with Crippen LogP contribution in [-0.2, 0) is 43.5 Å². The minimum absolute atomic E-state index is 0.377. The van der Waals surface area contributed by atoms with Crippen molar-refractivity contribution in [2.24, 2.45) is 0 Å². The van der Waals surface area contributed by atoms with Crippen LogP contribution in [0, 0.1) is 0 Å². The molecule has 0 saturated heterocycles. The maximum absolute atomic E-state index is 13.6. The zero-order valence-electron chi connectivity index (χ0n) is 19.1. The van der Waals surface area contributed by atoms with Crippen LogP contribution in [0.1, 0.15) is 63.8 Å². The lowest BCUT2D eigenvalue weighted by molar-refractivity contribution is -0.164. The van der Waals surface area contributed by atoms with E-state index in [0.29, 0.717) is 6.92 Å². The number of rotatable bonds is 4. The van der Waals surface area contributed by atoms with Gasteiger partial charge in [0.2, 0.25) is 0 Å². The molecule has 1 atom stereocenters. The average Bonchev–Trinajstić information content (AvgIpc) is 2.71. The number of hydrogen-bond acceptors (Lipinski definition) is 0. The first kappa shape index (κ1) is 33.4. The van der Waals surface area contributed by atoms with Gasteiger partial charge in [0, 0.05) is 0 Å². The summed E-state index contributed by atoms with van der Waals surface area (Å²) in [5, 5.41) is 0. The summed E-state index contributed by atoms with van der Waals surface area (Å²) in [5.74, 6) is -2.35. The second-order valence-electron chi connectivity index (χ2n) is 8.43. The predicted molar refractivity (Wildman–Crippen MR) is 99.6 cm³/mol. The molecule has 0 radical (unpaired) electrons. The molecule has 226 valence electrons. The molecule has 2 aromatic carbocycles. The van der Waals surface area contributed by atoms with Gasteiger partial charge in [-0.1, -0.05) is 6.92 Å². The van der Waals surface area contributed by atoms with Crippen molar-refractivity contribution in [1.29, 1.82) is 0 Å². The van der Waals surface area contributed by atoms with E-state index in [1.807, 2.05) is 0 Å². The van der Waals surface area contributed by atoms with E-state index in [1.165, 1.54) is 0 Å². The normalized spacial score (nSPS) is 15.0. The van der Waals surface area contributed by atoms with Gasteiger partial charge >= 0.3 is 37.1 Å². The van der Waals surface area contributed by atoms with E-state index in [-0.39, 0.29) is 6.07 Å². The second kappa shape index (κ2) is 10.2. The van der Waals surface area contributed by atoms with E-state index in [9.17, 15) is 79.0 Å². The molecule has 0 saturated carbocycles. The molecule has 0 fully saturated rings. The van der Waals surface area contributed by atoms with Crippen LogP contribution >= 0.6 is 0 Å². The molecule has 1 unspecified atom stereocenters. The minimum Gasteiger partial charge on any atom is -0.166 e. The van der Waals surface area contributed by atoms with Gasteiger partial charge < -0.3 is 0 Å². The molecule has 2 rings (SSSR count). The van der Waals surface area contributed by atoms with E-state index >= 15 is 0 Å². The summed E-state index contributed by atoms with van der Waals surface area (Å²) in [6.45, 7) is 0.432. The Labute approximate surface area is 211 Å². The quantitative estimate of drug-likeness (QED) is 0.299. The van der Waals surface area contributed by atoms with E-state index in [2.05, 4.69) is 0 Å². The number of hydrogen-bond donors (Lipinski definition) is 0. The van der Waals surface area contributed by atoms with Gasteiger partial charge in [0.15, 0.2) is 0 Å². The summed E-state index contributed by atoms with van der Waals surface area (Å²) < 4.78 is 241. The first-order valence-corrected chi connectivity index (χ1v) is 10.3. The molecule has 18 heteroatoms. The monoisotopic (exact) mass is 618 g/mol. The van der Waals surface area contributed by atoms with Crippen molar-refractivity contribution in [2.75, 3.05) is 0 Å². The Bertz CT molecular complexity index is 1180. The summed E-state index contributed by atoms with van der Waals surface area (Å²) in [7, 11) is 0. The fourth-order valence-electron chi connectivity index (χ4n) is 4.06. The first-order valence-electron chi connectivity index (χ1n) is 10.3. The Balaban J connectivity index is 2.84. The van der Waals surface area contributed by atoms with Crippen molar-refractivity contribution in [3.63, 3.8) is 0 Å². The van der Waals surface area contributed by atoms with Gasteiger partial charge in [0.25, 0.3) is 0 Å². The van der Waals surface area contributed by atoms with Crippen LogP contribution in [0.3, 0.4) is 0 Å². The predicted octanol–water partition coefficient (Wildman–Crippen LogP) is 10.5. The van der Waals surface area contributed by atoms with Crippen molar-refractivity contribution in [3.05, 3.63) is 68.8 Å². The van der Waals surface area contributed by atoms with Gasteiger partial charge in [-0.25, -0.2) is 0 Å². The molecule has 40 heavy (non-hydrogen) atoms. The lowest BCUT2D eigenvalue weighted by Gasteiger charge is -2.27. The van der Waals surface area contributed by atoms with Gasteiger partial charge in [0.1, 0.15) is 0 Å². The van der Waals surface area contributed by atoms with Crippen molar-refractivity contribution < 1.29 is 79.0 Å². The van der Waals surface area contributed by atoms with Crippen molar-refractivity contribution in [1.82, 2.24) is 0 Å². The molecule has 0 aliphatic heterocycles. The van der Waals surface area contributed by atoms with Crippen molar-refractivity contribution >= 4 is 0 Å². The Morgan fingerprint density at radius 1 is 0.500 bits per heavy atom. The zero-order chi connectivity index (χ0) is 31.4. The third-order valence-corrected chi connectivity index (χ3v) is 5.65. The van der Waals surface area contributed by atoms with Crippen molar-refractivity contribution in [2.45, 2.75) is 62.7 Å². The molecular formula is C22H12F18. The smallest absolute Gasteiger partial charge is 0.166 e. The molecule has 2 aromatic rings. The van der Waals surface area contributed by atoms with Gasteiger partial charge in [-0.2, -0.15) is 79.0 Å². The van der Waals surface area contributed by atoms with Gasteiger partial charge in [-0.3, -0.25) is 0 Å². The van der Waals surface area contributed by atoms with E-state index < -0.39 is 119 Å². The van der Waals surface area contributed by atoms with Crippen LogP contribution in [0.15, 0.2) is 24.3 Å². The van der Waals surface area contributed by atoms with E-state index in [1.54, 1.807) is 0 Å². The standard InChI is InChI=1S/C22H12F18/c1-8(15-13(20(32,33)34)6-9(17(23,24)25)7-14(15)21(35,36)37)2-3-10-11(18(26,27)28)4-5-12(19(29,30)31)16(10)22(38,39)40/h4-8H,2-3H2,1H3. The maximum Gasteiger partial charge on any atom is 0.417 e. The fraction of sp³-hybridized carbons (Fsp3) is 0.455. The number of halogens is 18. The Morgan fingerprint density at radius 3 is 1.20 bits per heavy atom. The molecule has 0 bridgehead atoms. The van der Waals surface area contributed by atoms with Crippen molar-refractivity contribution in [3.8, 4) is 0 Å². The molecule has 0 aliphatic rings. The summed E-state index contributed by atoms with van der Waals surface area (Å²) in [6, 6.07) is -2.34. The van der Waals surface area contributed by atoms with Crippen LogP contribution in [0.25, 0.3) is 0 Å². The fourth-order valence-corrected chi connectivity index (χ4v) is 4.06. The molecule has 0 aromatic heterocycles. The lowest BCUT2D eigenvalue weighted by atomic mass is 9.83. The molecular weight excluding hydrogens is 606 g/mol. The van der Waals surface area contributed by atoms with Crippen LogP contribution in [0.2, 0.25) is 0 Å². The van der Waals surface area contributed by atoms with Crippen LogP contribution in [0.5, 0.6) is 0 Å². The highest BCUT2D eigenvalue weighted by molar-refractivity contribution is 5.48. The van der Waals surface area contributed by atoms with Gasteiger partial charge in [-0.15, -0.1) is 0 Å². The third kappa shape index (κ3) is 7.27. The SMILES string of the molecule is CC(CCc1c(C(F)(F)F)ccc(C(F)(F)F)c1C(F)(F)F)c1c(C(F)(F)F)cc(C(F)(F)F)cc1C(F)(F)F. The topological polar surface area (TPSA) is 0 Å². The third-order valence-electron chi connectivity index (χ3n) is 5.65. The molecule has 0 aliphatic carbocycles. The zero-order valence-corrected chi connectivity index (χ0v) is 19.1. The summed E-state index contributed by atoms with van der Waals surface area (Å²) in [5.41, 5.74) is -19.3. The summed E-state index contributed by atoms with van der Waals surface area (Å²) in [6.07, 6.45) is -38.6. The maximum atomic E-state index is 13.6. The minimum atomic E-state index is -6.12. The molecule has 0 N–H and O–H groups in total. The summed E-state index contributed by atoms with van der Waals surface area (Å²) in [4.78, 5) is 0. The van der Waals surface area contributed by atoms with E-state index in [0.717, 1.165) is 0 Å². The Kier molecular flexibility index (Phi) is 8.53. The Morgan fingerprint density at radius 2 is 0.875 bits per heavy atom.